The van der Waals surface area contributed by atoms with Crippen LogP contribution in [-0.2, 0) is 9.53 Å². The second-order valence-corrected chi connectivity index (χ2v) is 5.92. The minimum atomic E-state index is -2.93. The Hall–Kier alpha value is -3.75. The van der Waals surface area contributed by atoms with Crippen molar-refractivity contribution < 1.29 is 27.8 Å². The van der Waals surface area contributed by atoms with Gasteiger partial charge in [0.2, 0.25) is 0 Å². The summed E-state index contributed by atoms with van der Waals surface area (Å²) in [6.45, 7) is -1.71. The molecule has 0 spiro atoms. The Morgan fingerprint density at radius 1 is 1.10 bits per heavy atom. The Morgan fingerprint density at radius 3 is 2.45 bits per heavy atom. The monoisotopic (exact) mass is 401 g/mol. The van der Waals surface area contributed by atoms with E-state index in [1.165, 1.54) is 30.5 Å². The Balaban J connectivity index is 1.55. The van der Waals surface area contributed by atoms with Crippen molar-refractivity contribution in [2.45, 2.75) is 13.5 Å². The summed E-state index contributed by atoms with van der Waals surface area (Å²) in [6.07, 6.45) is 1.38. The summed E-state index contributed by atoms with van der Waals surface area (Å²) in [6, 6.07) is 14.6. The van der Waals surface area contributed by atoms with Crippen LogP contribution in [-0.4, -0.2) is 34.9 Å². The lowest BCUT2D eigenvalue weighted by molar-refractivity contribution is -0.119. The van der Waals surface area contributed by atoms with Crippen molar-refractivity contribution in [3.8, 4) is 11.4 Å². The number of carbonyl (C=O) groups is 2. The van der Waals surface area contributed by atoms with Gasteiger partial charge in [0.15, 0.2) is 6.61 Å². The number of halogens is 2. The van der Waals surface area contributed by atoms with Gasteiger partial charge in [0, 0.05) is 5.69 Å². The van der Waals surface area contributed by atoms with Crippen LogP contribution in [0.5, 0.6) is 5.75 Å². The molecular weight excluding hydrogens is 384 g/mol. The molecule has 0 saturated carbocycles. The van der Waals surface area contributed by atoms with Crippen molar-refractivity contribution in [1.82, 2.24) is 9.78 Å². The molecule has 0 atom stereocenters. The first-order valence-electron chi connectivity index (χ1n) is 8.56. The number of rotatable bonds is 7. The number of esters is 1. The van der Waals surface area contributed by atoms with Gasteiger partial charge in [-0.15, -0.1) is 0 Å². The van der Waals surface area contributed by atoms with Gasteiger partial charge in [-0.05, 0) is 43.3 Å². The second-order valence-electron chi connectivity index (χ2n) is 5.92. The lowest BCUT2D eigenvalue weighted by Gasteiger charge is -2.08. The highest BCUT2D eigenvalue weighted by Gasteiger charge is 2.17. The molecule has 0 radical (unpaired) electrons. The normalized spacial score (nSPS) is 10.6. The fourth-order valence-electron chi connectivity index (χ4n) is 2.57. The third kappa shape index (κ3) is 5.16. The summed E-state index contributed by atoms with van der Waals surface area (Å²) in [4.78, 5) is 24.2. The SMILES string of the molecule is Cc1c(C(=O)OCC(=O)Nc2ccc(OC(F)F)cc2)cnn1-c1ccccc1. The van der Waals surface area contributed by atoms with Crippen LogP contribution in [0.4, 0.5) is 14.5 Å². The van der Waals surface area contributed by atoms with E-state index in [1.54, 1.807) is 11.6 Å². The van der Waals surface area contributed by atoms with E-state index in [9.17, 15) is 18.4 Å². The molecule has 2 aromatic carbocycles. The standard InChI is InChI=1S/C20H17F2N3O4/c1-13-17(11-23-25(13)15-5-3-2-4-6-15)19(27)28-12-18(26)24-14-7-9-16(10-8-14)29-20(21)22/h2-11,20H,12H2,1H3,(H,24,26). The molecule has 1 aromatic heterocycles. The van der Waals surface area contributed by atoms with E-state index in [2.05, 4.69) is 15.2 Å². The van der Waals surface area contributed by atoms with E-state index in [-0.39, 0.29) is 11.3 Å². The molecule has 0 aliphatic heterocycles. The van der Waals surface area contributed by atoms with Crippen LogP contribution in [0.3, 0.4) is 0 Å². The van der Waals surface area contributed by atoms with Gasteiger partial charge in [-0.3, -0.25) is 4.79 Å². The molecule has 7 nitrogen and oxygen atoms in total. The van der Waals surface area contributed by atoms with Crippen LogP contribution in [0, 0.1) is 6.92 Å². The number of benzene rings is 2. The maximum atomic E-state index is 12.3. The molecule has 9 heteroatoms. The average Bonchev–Trinajstić information content (AvgIpc) is 3.09. The van der Waals surface area contributed by atoms with E-state index in [0.717, 1.165) is 5.69 Å². The number of anilines is 1. The number of aromatic nitrogens is 2. The number of ether oxygens (including phenoxy) is 2. The molecule has 0 saturated heterocycles. The van der Waals surface area contributed by atoms with Gasteiger partial charge in [0.1, 0.15) is 11.3 Å². The number of amides is 1. The largest absolute Gasteiger partial charge is 0.452 e. The molecule has 150 valence electrons. The van der Waals surface area contributed by atoms with Crippen LogP contribution in [0.1, 0.15) is 16.1 Å². The van der Waals surface area contributed by atoms with E-state index in [0.29, 0.717) is 11.4 Å². The highest BCUT2D eigenvalue weighted by molar-refractivity contribution is 5.95. The van der Waals surface area contributed by atoms with Crippen molar-refractivity contribution in [1.29, 1.82) is 0 Å². The van der Waals surface area contributed by atoms with Gasteiger partial charge >= 0.3 is 12.6 Å². The molecule has 0 bridgehead atoms. The first-order chi connectivity index (χ1) is 13.9. The molecule has 1 heterocycles. The molecule has 0 aliphatic rings. The lowest BCUT2D eigenvalue weighted by atomic mass is 10.2. The molecule has 3 rings (SSSR count). The van der Waals surface area contributed by atoms with Crippen LogP contribution in [0.15, 0.2) is 60.8 Å². The zero-order valence-electron chi connectivity index (χ0n) is 15.3. The second kappa shape index (κ2) is 8.96. The van der Waals surface area contributed by atoms with Crippen LogP contribution >= 0.6 is 0 Å². The highest BCUT2D eigenvalue weighted by atomic mass is 19.3. The predicted molar refractivity (Wildman–Crippen MR) is 100 cm³/mol. The van der Waals surface area contributed by atoms with Crippen molar-refractivity contribution in [3.63, 3.8) is 0 Å². The number of nitrogens with zero attached hydrogens (tertiary/aromatic N) is 2. The number of alkyl halides is 2. The Kier molecular flexibility index (Phi) is 6.18. The Bertz CT molecular complexity index is 989. The molecule has 3 aromatic rings. The minimum absolute atomic E-state index is 0.0321. The van der Waals surface area contributed by atoms with E-state index < -0.39 is 25.1 Å². The van der Waals surface area contributed by atoms with Gasteiger partial charge in [0.25, 0.3) is 5.91 Å². The summed E-state index contributed by atoms with van der Waals surface area (Å²) < 4.78 is 35.1. The number of para-hydroxylation sites is 1. The van der Waals surface area contributed by atoms with E-state index >= 15 is 0 Å². The van der Waals surface area contributed by atoms with Gasteiger partial charge in [-0.1, -0.05) is 18.2 Å². The van der Waals surface area contributed by atoms with Gasteiger partial charge < -0.3 is 14.8 Å². The first-order valence-corrected chi connectivity index (χ1v) is 8.56. The van der Waals surface area contributed by atoms with Crippen LogP contribution in [0.2, 0.25) is 0 Å². The molecule has 0 unspecified atom stereocenters. The smallest absolute Gasteiger partial charge is 0.387 e. The summed E-state index contributed by atoms with van der Waals surface area (Å²) >= 11 is 0. The van der Waals surface area contributed by atoms with Gasteiger partial charge in [0.05, 0.1) is 17.6 Å². The topological polar surface area (TPSA) is 82.5 Å². The summed E-state index contributed by atoms with van der Waals surface area (Å²) in [5, 5.41) is 6.68. The maximum absolute atomic E-state index is 12.3. The summed E-state index contributed by atoms with van der Waals surface area (Å²) in [5.74, 6) is -1.29. The van der Waals surface area contributed by atoms with Crippen molar-refractivity contribution in [2.75, 3.05) is 11.9 Å². The Labute approximate surface area is 164 Å². The summed E-state index contributed by atoms with van der Waals surface area (Å²) in [7, 11) is 0. The van der Waals surface area contributed by atoms with E-state index in [4.69, 9.17) is 4.74 Å². The van der Waals surface area contributed by atoms with E-state index in [1.807, 2.05) is 30.3 Å². The quantitative estimate of drug-likeness (QED) is 0.612. The lowest BCUT2D eigenvalue weighted by Crippen LogP contribution is -2.21. The molecule has 29 heavy (non-hydrogen) atoms. The van der Waals surface area contributed by atoms with Gasteiger partial charge in [-0.25, -0.2) is 9.48 Å². The molecular formula is C20H17F2N3O4. The maximum Gasteiger partial charge on any atom is 0.387 e. The number of carbonyl (C=O) groups excluding carboxylic acids is 2. The zero-order valence-corrected chi connectivity index (χ0v) is 15.3. The number of hydrogen-bond donors (Lipinski definition) is 1. The van der Waals surface area contributed by atoms with Crippen molar-refractivity contribution >= 4 is 17.6 Å². The molecule has 1 amide bonds. The Morgan fingerprint density at radius 2 is 1.79 bits per heavy atom. The first kappa shape index (κ1) is 20.0. The molecule has 0 aliphatic carbocycles. The fraction of sp³-hybridized carbons (Fsp3) is 0.150. The summed E-state index contributed by atoms with van der Waals surface area (Å²) in [5.41, 5.74) is 1.97. The zero-order chi connectivity index (χ0) is 20.8. The van der Waals surface area contributed by atoms with Gasteiger partial charge in [-0.2, -0.15) is 13.9 Å². The minimum Gasteiger partial charge on any atom is -0.452 e. The number of hydrogen-bond acceptors (Lipinski definition) is 5. The van der Waals surface area contributed by atoms with Crippen molar-refractivity contribution in [3.05, 3.63) is 72.1 Å². The average molecular weight is 401 g/mol. The third-order valence-corrected chi connectivity index (χ3v) is 3.93. The molecule has 1 N–H and O–H groups in total. The van der Waals surface area contributed by atoms with Crippen LogP contribution < -0.4 is 10.1 Å². The number of nitrogens with one attached hydrogen (secondary N) is 1. The van der Waals surface area contributed by atoms with Crippen LogP contribution in [0.25, 0.3) is 5.69 Å². The van der Waals surface area contributed by atoms with Crippen molar-refractivity contribution in [2.24, 2.45) is 0 Å². The third-order valence-electron chi connectivity index (χ3n) is 3.93. The molecule has 0 fully saturated rings. The fourth-order valence-corrected chi connectivity index (χ4v) is 2.57. The highest BCUT2D eigenvalue weighted by Crippen LogP contribution is 2.18. The predicted octanol–water partition coefficient (Wildman–Crippen LogP) is 3.58.